The first-order valence-corrected chi connectivity index (χ1v) is 7.47. The summed E-state index contributed by atoms with van der Waals surface area (Å²) in [5.74, 6) is 0.855. The van der Waals surface area contributed by atoms with Gasteiger partial charge in [0.15, 0.2) is 0 Å². The minimum absolute atomic E-state index is 0.595. The summed E-state index contributed by atoms with van der Waals surface area (Å²) in [5.41, 5.74) is 4.04. The second kappa shape index (κ2) is 5.80. The molecule has 1 aliphatic rings. The fraction of sp³-hybridized carbons (Fsp3) is 0.471. The van der Waals surface area contributed by atoms with Crippen molar-refractivity contribution in [3.8, 4) is 0 Å². The van der Waals surface area contributed by atoms with Gasteiger partial charge in [-0.25, -0.2) is 0 Å². The third-order valence-corrected chi connectivity index (χ3v) is 4.09. The molecule has 1 aliphatic carbocycles. The summed E-state index contributed by atoms with van der Waals surface area (Å²) >= 11 is 0. The Labute approximate surface area is 121 Å². The quantitative estimate of drug-likeness (QED) is 0.874. The van der Waals surface area contributed by atoms with E-state index in [1.165, 1.54) is 29.5 Å². The summed E-state index contributed by atoms with van der Waals surface area (Å²) in [5, 5.41) is 7.95. The Morgan fingerprint density at radius 2 is 2.00 bits per heavy atom. The zero-order valence-electron chi connectivity index (χ0n) is 12.3. The first-order valence-electron chi connectivity index (χ1n) is 7.47. The van der Waals surface area contributed by atoms with Crippen molar-refractivity contribution in [2.45, 2.75) is 38.8 Å². The molecule has 0 aliphatic heterocycles. The Kier molecular flexibility index (Phi) is 3.88. The Hall–Kier alpha value is -1.61. The van der Waals surface area contributed by atoms with Crippen LogP contribution in [0.5, 0.6) is 0 Å². The molecule has 0 spiro atoms. The number of nitrogens with zero attached hydrogens (tertiary/aromatic N) is 2. The zero-order valence-corrected chi connectivity index (χ0v) is 12.3. The van der Waals surface area contributed by atoms with Gasteiger partial charge in [-0.2, -0.15) is 5.10 Å². The molecule has 1 fully saturated rings. The van der Waals surface area contributed by atoms with Crippen LogP contribution < -0.4 is 5.32 Å². The van der Waals surface area contributed by atoms with E-state index in [4.69, 9.17) is 0 Å². The SMILES string of the molecule is Cc1ccc(C[C@@H](NCc2cnn(C)c2)C2CC2)cc1. The zero-order chi connectivity index (χ0) is 13.9. The van der Waals surface area contributed by atoms with Gasteiger partial charge in [0.1, 0.15) is 0 Å². The van der Waals surface area contributed by atoms with Crippen molar-refractivity contribution in [1.82, 2.24) is 15.1 Å². The summed E-state index contributed by atoms with van der Waals surface area (Å²) in [6.45, 7) is 3.06. The molecule has 1 N–H and O–H groups in total. The third-order valence-electron chi connectivity index (χ3n) is 4.09. The third kappa shape index (κ3) is 3.48. The number of hydrogen-bond acceptors (Lipinski definition) is 2. The van der Waals surface area contributed by atoms with E-state index in [0.29, 0.717) is 6.04 Å². The lowest BCUT2D eigenvalue weighted by atomic mass is 10.0. The van der Waals surface area contributed by atoms with E-state index in [-0.39, 0.29) is 0 Å². The maximum Gasteiger partial charge on any atom is 0.0534 e. The van der Waals surface area contributed by atoms with Crippen molar-refractivity contribution < 1.29 is 0 Å². The lowest BCUT2D eigenvalue weighted by Crippen LogP contribution is -2.32. The molecule has 20 heavy (non-hydrogen) atoms. The number of rotatable bonds is 6. The van der Waals surface area contributed by atoms with E-state index in [0.717, 1.165) is 18.9 Å². The molecule has 0 radical (unpaired) electrons. The molecule has 1 aromatic heterocycles. The average molecular weight is 269 g/mol. The molecule has 2 aromatic rings. The highest BCUT2D eigenvalue weighted by Gasteiger charge is 2.30. The van der Waals surface area contributed by atoms with Gasteiger partial charge in [-0.1, -0.05) is 29.8 Å². The Morgan fingerprint density at radius 1 is 1.25 bits per heavy atom. The molecular weight excluding hydrogens is 246 g/mol. The molecule has 106 valence electrons. The molecule has 1 heterocycles. The molecule has 3 rings (SSSR count). The standard InChI is InChI=1S/C17H23N3/c1-13-3-5-14(6-4-13)9-17(16-7-8-16)18-10-15-11-19-20(2)12-15/h3-6,11-12,16-18H,7-10H2,1-2H3/t17-/m1/s1. The minimum Gasteiger partial charge on any atom is -0.309 e. The van der Waals surface area contributed by atoms with Crippen molar-refractivity contribution in [3.63, 3.8) is 0 Å². The predicted molar refractivity (Wildman–Crippen MR) is 81.4 cm³/mol. The van der Waals surface area contributed by atoms with Crippen LogP contribution in [0.2, 0.25) is 0 Å². The number of hydrogen-bond donors (Lipinski definition) is 1. The van der Waals surface area contributed by atoms with Gasteiger partial charge in [-0.15, -0.1) is 0 Å². The molecular formula is C17H23N3. The smallest absolute Gasteiger partial charge is 0.0534 e. The first-order chi connectivity index (χ1) is 9.70. The van der Waals surface area contributed by atoms with Gasteiger partial charge in [0, 0.05) is 31.4 Å². The van der Waals surface area contributed by atoms with Gasteiger partial charge in [-0.05, 0) is 37.7 Å². The predicted octanol–water partition coefficient (Wildman–Crippen LogP) is 2.84. The Bertz CT molecular complexity index is 552. The second-order valence-corrected chi connectivity index (χ2v) is 6.04. The summed E-state index contributed by atoms with van der Waals surface area (Å²) in [4.78, 5) is 0. The fourth-order valence-corrected chi connectivity index (χ4v) is 2.69. The summed E-state index contributed by atoms with van der Waals surface area (Å²) in [6.07, 6.45) is 7.91. The van der Waals surface area contributed by atoms with E-state index in [2.05, 4.69) is 47.8 Å². The van der Waals surface area contributed by atoms with Crippen LogP contribution in [0.4, 0.5) is 0 Å². The van der Waals surface area contributed by atoms with Gasteiger partial charge in [0.05, 0.1) is 6.20 Å². The van der Waals surface area contributed by atoms with Gasteiger partial charge >= 0.3 is 0 Å². The number of benzene rings is 1. The lowest BCUT2D eigenvalue weighted by molar-refractivity contribution is 0.458. The topological polar surface area (TPSA) is 29.9 Å². The fourth-order valence-electron chi connectivity index (χ4n) is 2.69. The summed E-state index contributed by atoms with van der Waals surface area (Å²) in [6, 6.07) is 9.53. The highest BCUT2D eigenvalue weighted by atomic mass is 15.2. The van der Waals surface area contributed by atoms with Crippen LogP contribution in [0.25, 0.3) is 0 Å². The van der Waals surface area contributed by atoms with Crippen LogP contribution in [0.3, 0.4) is 0 Å². The minimum atomic E-state index is 0.595. The number of aryl methyl sites for hydroxylation is 2. The molecule has 1 aromatic carbocycles. The van der Waals surface area contributed by atoms with Gasteiger partial charge in [0.25, 0.3) is 0 Å². The van der Waals surface area contributed by atoms with E-state index < -0.39 is 0 Å². The van der Waals surface area contributed by atoms with E-state index in [9.17, 15) is 0 Å². The van der Waals surface area contributed by atoms with Crippen LogP contribution in [-0.2, 0) is 20.0 Å². The summed E-state index contributed by atoms with van der Waals surface area (Å²) in [7, 11) is 1.97. The molecule has 1 atom stereocenters. The van der Waals surface area contributed by atoms with E-state index >= 15 is 0 Å². The second-order valence-electron chi connectivity index (χ2n) is 6.04. The van der Waals surface area contributed by atoms with E-state index in [1.54, 1.807) is 0 Å². The van der Waals surface area contributed by atoms with Crippen LogP contribution >= 0.6 is 0 Å². The van der Waals surface area contributed by atoms with Crippen LogP contribution in [0.15, 0.2) is 36.7 Å². The van der Waals surface area contributed by atoms with Crippen molar-refractivity contribution in [1.29, 1.82) is 0 Å². The lowest BCUT2D eigenvalue weighted by Gasteiger charge is -2.18. The Balaban J connectivity index is 1.59. The largest absolute Gasteiger partial charge is 0.309 e. The van der Waals surface area contributed by atoms with Crippen molar-refractivity contribution in [2.75, 3.05) is 0 Å². The Morgan fingerprint density at radius 3 is 2.60 bits per heavy atom. The summed E-state index contributed by atoms with van der Waals surface area (Å²) < 4.78 is 1.86. The van der Waals surface area contributed by atoms with Crippen LogP contribution in [0.1, 0.15) is 29.5 Å². The molecule has 0 unspecified atom stereocenters. The van der Waals surface area contributed by atoms with Crippen molar-refractivity contribution in [3.05, 3.63) is 53.3 Å². The van der Waals surface area contributed by atoms with E-state index in [1.807, 2.05) is 17.9 Å². The maximum atomic E-state index is 4.23. The number of nitrogens with one attached hydrogen (secondary N) is 1. The van der Waals surface area contributed by atoms with Gasteiger partial charge in [0.2, 0.25) is 0 Å². The van der Waals surface area contributed by atoms with Crippen LogP contribution in [-0.4, -0.2) is 15.8 Å². The highest BCUT2D eigenvalue weighted by Crippen LogP contribution is 2.34. The number of aromatic nitrogens is 2. The highest BCUT2D eigenvalue weighted by molar-refractivity contribution is 5.22. The first kappa shape index (κ1) is 13.4. The maximum absolute atomic E-state index is 4.23. The molecule has 0 bridgehead atoms. The van der Waals surface area contributed by atoms with Gasteiger partial charge in [-0.3, -0.25) is 4.68 Å². The van der Waals surface area contributed by atoms with Crippen molar-refractivity contribution in [2.24, 2.45) is 13.0 Å². The molecule has 3 heteroatoms. The average Bonchev–Trinajstić information content (AvgIpc) is 3.20. The van der Waals surface area contributed by atoms with Gasteiger partial charge < -0.3 is 5.32 Å². The van der Waals surface area contributed by atoms with Crippen LogP contribution in [0, 0.1) is 12.8 Å². The molecule has 3 nitrogen and oxygen atoms in total. The van der Waals surface area contributed by atoms with Crippen molar-refractivity contribution >= 4 is 0 Å². The monoisotopic (exact) mass is 269 g/mol. The molecule has 1 saturated carbocycles. The molecule has 0 saturated heterocycles. The normalized spacial score (nSPS) is 16.3. The molecule has 0 amide bonds.